The Hall–Kier alpha value is -0.910. The largest absolute Gasteiger partial charge is 0.382 e. The van der Waals surface area contributed by atoms with Crippen LogP contribution in [0.1, 0.15) is 18.9 Å². The normalized spacial score (nSPS) is 11.7. The molecule has 0 saturated heterocycles. The number of ether oxygens (including phenoxy) is 1. The summed E-state index contributed by atoms with van der Waals surface area (Å²) in [7, 11) is -0.285. The van der Waals surface area contributed by atoms with Gasteiger partial charge in [-0.15, -0.1) is 24.0 Å². The van der Waals surface area contributed by atoms with Crippen LogP contribution in [0.4, 0.5) is 0 Å². The average molecular weight is 470 g/mol. The van der Waals surface area contributed by atoms with Gasteiger partial charge in [0.05, 0.1) is 4.90 Å². The Morgan fingerprint density at radius 3 is 2.42 bits per heavy atom. The van der Waals surface area contributed by atoms with Gasteiger partial charge < -0.3 is 15.4 Å². The maximum Gasteiger partial charge on any atom is 0.240 e. The summed E-state index contributed by atoms with van der Waals surface area (Å²) in [5.41, 5.74) is 0.970. The number of hydrogen-bond donors (Lipinski definition) is 3. The molecule has 0 aromatic heterocycles. The standard InChI is InChI=1S/C15H26N4O3S.HI/c1-4-22-11-5-10-18-15(16-2)19-12-13-6-8-14(9-7-13)23(20,21)17-3;/h6-9,17H,4-5,10-12H2,1-3H3,(H2,16,18,19);1H. The van der Waals surface area contributed by atoms with Crippen molar-refractivity contribution in [3.63, 3.8) is 0 Å². The Morgan fingerprint density at radius 1 is 1.21 bits per heavy atom. The SMILES string of the molecule is CCOCCCNC(=NC)NCc1ccc(S(=O)(=O)NC)cc1.I. The van der Waals surface area contributed by atoms with Crippen LogP contribution in [0.2, 0.25) is 0 Å². The molecule has 0 bridgehead atoms. The van der Waals surface area contributed by atoms with Crippen LogP contribution >= 0.6 is 24.0 Å². The number of nitrogens with zero attached hydrogens (tertiary/aromatic N) is 1. The molecule has 0 fully saturated rings. The monoisotopic (exact) mass is 470 g/mol. The maximum atomic E-state index is 11.7. The van der Waals surface area contributed by atoms with E-state index in [2.05, 4.69) is 20.3 Å². The minimum Gasteiger partial charge on any atom is -0.382 e. The fourth-order valence-electron chi connectivity index (χ4n) is 1.84. The molecular weight excluding hydrogens is 443 g/mol. The lowest BCUT2D eigenvalue weighted by atomic mass is 10.2. The Balaban J connectivity index is 0.00000529. The first-order valence-corrected chi connectivity index (χ1v) is 9.06. The molecule has 3 N–H and O–H groups in total. The van der Waals surface area contributed by atoms with E-state index in [1.807, 2.05) is 6.92 Å². The predicted molar refractivity (Wildman–Crippen MR) is 107 cm³/mol. The van der Waals surface area contributed by atoms with E-state index in [-0.39, 0.29) is 28.9 Å². The molecule has 0 radical (unpaired) electrons. The van der Waals surface area contributed by atoms with Crippen molar-refractivity contribution < 1.29 is 13.2 Å². The van der Waals surface area contributed by atoms with Gasteiger partial charge >= 0.3 is 0 Å². The van der Waals surface area contributed by atoms with Gasteiger partial charge in [0, 0.05) is 33.4 Å². The van der Waals surface area contributed by atoms with Crippen molar-refractivity contribution in [2.24, 2.45) is 4.99 Å². The van der Waals surface area contributed by atoms with Crippen LogP contribution in [0.25, 0.3) is 0 Å². The van der Waals surface area contributed by atoms with Crippen molar-refractivity contribution >= 4 is 40.0 Å². The highest BCUT2D eigenvalue weighted by Crippen LogP contribution is 2.09. The van der Waals surface area contributed by atoms with Crippen LogP contribution < -0.4 is 15.4 Å². The Labute approximate surface area is 161 Å². The molecule has 24 heavy (non-hydrogen) atoms. The summed E-state index contributed by atoms with van der Waals surface area (Å²) in [5, 5.41) is 6.38. The Kier molecular flexibility index (Phi) is 12.0. The molecule has 1 rings (SSSR count). The zero-order valence-corrected chi connectivity index (χ0v) is 17.5. The fraction of sp³-hybridized carbons (Fsp3) is 0.533. The zero-order chi connectivity index (χ0) is 17.1. The maximum absolute atomic E-state index is 11.7. The van der Waals surface area contributed by atoms with E-state index in [4.69, 9.17) is 4.74 Å². The highest BCUT2D eigenvalue weighted by atomic mass is 127. The topological polar surface area (TPSA) is 91.8 Å². The summed E-state index contributed by atoms with van der Waals surface area (Å²) >= 11 is 0. The van der Waals surface area contributed by atoms with Gasteiger partial charge in [-0.3, -0.25) is 4.99 Å². The molecule has 9 heteroatoms. The smallest absolute Gasteiger partial charge is 0.240 e. The van der Waals surface area contributed by atoms with Gasteiger partial charge in [-0.2, -0.15) is 0 Å². The second kappa shape index (κ2) is 12.5. The van der Waals surface area contributed by atoms with E-state index >= 15 is 0 Å². The molecule has 138 valence electrons. The van der Waals surface area contributed by atoms with Crippen molar-refractivity contribution in [2.75, 3.05) is 33.9 Å². The lowest BCUT2D eigenvalue weighted by Crippen LogP contribution is -2.37. The summed E-state index contributed by atoms with van der Waals surface area (Å²) in [6.07, 6.45) is 0.908. The summed E-state index contributed by atoms with van der Waals surface area (Å²) < 4.78 is 30.9. The number of aliphatic imine (C=N–C) groups is 1. The molecule has 0 aliphatic rings. The van der Waals surface area contributed by atoms with Gasteiger partial charge in [0.2, 0.25) is 10.0 Å². The summed E-state index contributed by atoms with van der Waals surface area (Å²) in [6, 6.07) is 6.72. The minimum atomic E-state index is -3.39. The lowest BCUT2D eigenvalue weighted by molar-refractivity contribution is 0.145. The number of nitrogens with one attached hydrogen (secondary N) is 3. The molecule has 0 atom stereocenters. The molecule has 1 aromatic rings. The minimum absolute atomic E-state index is 0. The Morgan fingerprint density at radius 2 is 1.88 bits per heavy atom. The van der Waals surface area contributed by atoms with Crippen LogP contribution in [-0.4, -0.2) is 48.2 Å². The van der Waals surface area contributed by atoms with Gasteiger partial charge in [0.1, 0.15) is 0 Å². The number of guanidine groups is 1. The van der Waals surface area contributed by atoms with Gasteiger partial charge in [0.15, 0.2) is 5.96 Å². The molecule has 0 spiro atoms. The highest BCUT2D eigenvalue weighted by Gasteiger charge is 2.10. The first-order valence-electron chi connectivity index (χ1n) is 7.58. The lowest BCUT2D eigenvalue weighted by Gasteiger charge is -2.12. The molecule has 0 aliphatic heterocycles. The first kappa shape index (κ1) is 23.1. The van der Waals surface area contributed by atoms with Gasteiger partial charge in [-0.25, -0.2) is 13.1 Å². The molecule has 0 heterocycles. The second-order valence-corrected chi connectivity index (χ2v) is 6.64. The van der Waals surface area contributed by atoms with Crippen LogP contribution in [0.5, 0.6) is 0 Å². The van der Waals surface area contributed by atoms with Gasteiger partial charge in [0.25, 0.3) is 0 Å². The molecule has 0 saturated carbocycles. The third-order valence-corrected chi connectivity index (χ3v) is 4.58. The third-order valence-electron chi connectivity index (χ3n) is 3.15. The number of hydrogen-bond acceptors (Lipinski definition) is 4. The summed E-state index contributed by atoms with van der Waals surface area (Å²) in [5.74, 6) is 0.702. The van der Waals surface area contributed by atoms with Crippen molar-refractivity contribution in [2.45, 2.75) is 24.8 Å². The van der Waals surface area contributed by atoms with E-state index in [0.29, 0.717) is 12.5 Å². The number of rotatable bonds is 9. The molecule has 1 aromatic carbocycles. The number of sulfonamides is 1. The van der Waals surface area contributed by atoms with Crippen LogP contribution in [-0.2, 0) is 21.3 Å². The van der Waals surface area contributed by atoms with Gasteiger partial charge in [-0.05, 0) is 38.1 Å². The number of benzene rings is 1. The van der Waals surface area contributed by atoms with Crippen LogP contribution in [0.3, 0.4) is 0 Å². The van der Waals surface area contributed by atoms with E-state index < -0.39 is 10.0 Å². The average Bonchev–Trinajstić information content (AvgIpc) is 2.57. The molecule has 7 nitrogen and oxygen atoms in total. The predicted octanol–water partition coefficient (Wildman–Crippen LogP) is 1.30. The van der Waals surface area contributed by atoms with E-state index in [0.717, 1.165) is 31.7 Å². The summed E-state index contributed by atoms with van der Waals surface area (Å²) in [4.78, 5) is 4.39. The van der Waals surface area contributed by atoms with Crippen molar-refractivity contribution in [3.8, 4) is 0 Å². The van der Waals surface area contributed by atoms with E-state index in [9.17, 15) is 8.42 Å². The Bertz CT molecular complexity index is 591. The summed E-state index contributed by atoms with van der Waals surface area (Å²) in [6.45, 7) is 4.76. The molecular formula is C15H27IN4O3S. The highest BCUT2D eigenvalue weighted by molar-refractivity contribution is 14.0. The number of halogens is 1. The van der Waals surface area contributed by atoms with Crippen molar-refractivity contribution in [1.29, 1.82) is 0 Å². The first-order chi connectivity index (χ1) is 11.0. The quantitative estimate of drug-likeness (QED) is 0.219. The van der Waals surface area contributed by atoms with E-state index in [1.54, 1.807) is 31.3 Å². The van der Waals surface area contributed by atoms with E-state index in [1.165, 1.54) is 7.05 Å². The zero-order valence-electron chi connectivity index (χ0n) is 14.3. The van der Waals surface area contributed by atoms with Crippen LogP contribution in [0.15, 0.2) is 34.2 Å². The molecule has 0 unspecified atom stereocenters. The van der Waals surface area contributed by atoms with Crippen molar-refractivity contribution in [1.82, 2.24) is 15.4 Å². The molecule has 0 amide bonds. The van der Waals surface area contributed by atoms with Gasteiger partial charge in [-0.1, -0.05) is 12.1 Å². The second-order valence-electron chi connectivity index (χ2n) is 4.75. The van der Waals surface area contributed by atoms with Crippen LogP contribution in [0, 0.1) is 0 Å². The third kappa shape index (κ3) is 8.27. The fourth-order valence-corrected chi connectivity index (χ4v) is 2.57. The molecule has 0 aliphatic carbocycles. The van der Waals surface area contributed by atoms with Crippen molar-refractivity contribution in [3.05, 3.63) is 29.8 Å².